The lowest BCUT2D eigenvalue weighted by Gasteiger charge is -2.31. The Morgan fingerprint density at radius 1 is 1.32 bits per heavy atom. The van der Waals surface area contributed by atoms with Crippen LogP contribution in [0.1, 0.15) is 30.3 Å². The van der Waals surface area contributed by atoms with Gasteiger partial charge in [-0.05, 0) is 37.5 Å². The second-order valence-electron chi connectivity index (χ2n) is 5.91. The van der Waals surface area contributed by atoms with Crippen molar-refractivity contribution >= 4 is 22.6 Å². The SMILES string of the molecule is CCOC(=O)N1CCC(Nc2nnc(Cc3ccc(F)cc3)s2)CC1. The zero-order valence-electron chi connectivity index (χ0n) is 14.1. The highest BCUT2D eigenvalue weighted by atomic mass is 32.1. The summed E-state index contributed by atoms with van der Waals surface area (Å²) in [6.07, 6.45) is 2.11. The van der Waals surface area contributed by atoms with Gasteiger partial charge >= 0.3 is 6.09 Å². The molecule has 1 N–H and O–H groups in total. The summed E-state index contributed by atoms with van der Waals surface area (Å²) in [5.41, 5.74) is 1.01. The van der Waals surface area contributed by atoms with Crippen molar-refractivity contribution in [1.82, 2.24) is 15.1 Å². The second kappa shape index (κ2) is 8.24. The number of likely N-dealkylation sites (tertiary alicyclic amines) is 1. The van der Waals surface area contributed by atoms with Gasteiger partial charge in [0.05, 0.1) is 6.61 Å². The molecule has 6 nitrogen and oxygen atoms in total. The van der Waals surface area contributed by atoms with Crippen molar-refractivity contribution < 1.29 is 13.9 Å². The molecule has 0 unspecified atom stereocenters. The van der Waals surface area contributed by atoms with Crippen LogP contribution in [0, 0.1) is 5.82 Å². The van der Waals surface area contributed by atoms with Gasteiger partial charge in [-0.15, -0.1) is 10.2 Å². The van der Waals surface area contributed by atoms with Crippen LogP contribution in [0.25, 0.3) is 0 Å². The van der Waals surface area contributed by atoms with Gasteiger partial charge in [0.15, 0.2) is 0 Å². The van der Waals surface area contributed by atoms with Crippen molar-refractivity contribution in [2.24, 2.45) is 0 Å². The molecule has 0 radical (unpaired) electrons. The Morgan fingerprint density at radius 2 is 2.04 bits per heavy atom. The third-order valence-electron chi connectivity index (χ3n) is 4.08. The standard InChI is InChI=1S/C17H21FN4O2S/c1-2-24-17(23)22-9-7-14(8-10-22)19-16-21-20-15(25-16)11-12-3-5-13(18)6-4-12/h3-6,14H,2,7-11H2,1H3,(H,19,21). The van der Waals surface area contributed by atoms with Gasteiger partial charge in [0.25, 0.3) is 0 Å². The molecule has 2 heterocycles. The Kier molecular flexibility index (Phi) is 5.80. The number of piperidine rings is 1. The molecule has 25 heavy (non-hydrogen) atoms. The fourth-order valence-corrected chi connectivity index (χ4v) is 3.61. The van der Waals surface area contributed by atoms with Crippen LogP contribution in [0.5, 0.6) is 0 Å². The zero-order valence-corrected chi connectivity index (χ0v) is 14.9. The highest BCUT2D eigenvalue weighted by Gasteiger charge is 2.24. The van der Waals surface area contributed by atoms with E-state index in [4.69, 9.17) is 4.74 Å². The van der Waals surface area contributed by atoms with Gasteiger partial charge in [0, 0.05) is 25.6 Å². The van der Waals surface area contributed by atoms with E-state index in [-0.39, 0.29) is 18.0 Å². The van der Waals surface area contributed by atoms with Crippen LogP contribution in [-0.2, 0) is 11.2 Å². The lowest BCUT2D eigenvalue weighted by Crippen LogP contribution is -2.42. The number of halogens is 1. The van der Waals surface area contributed by atoms with E-state index in [0.717, 1.165) is 28.5 Å². The molecule has 2 aromatic rings. The van der Waals surface area contributed by atoms with Crippen LogP contribution in [0.3, 0.4) is 0 Å². The van der Waals surface area contributed by atoms with Gasteiger partial charge in [0.1, 0.15) is 10.8 Å². The molecule has 0 aliphatic carbocycles. The summed E-state index contributed by atoms with van der Waals surface area (Å²) in [7, 11) is 0. The molecule has 1 aromatic heterocycles. The van der Waals surface area contributed by atoms with Crippen LogP contribution in [0.2, 0.25) is 0 Å². The van der Waals surface area contributed by atoms with E-state index in [1.54, 1.807) is 17.0 Å². The van der Waals surface area contributed by atoms with Gasteiger partial charge in [-0.3, -0.25) is 0 Å². The summed E-state index contributed by atoms with van der Waals surface area (Å²) in [6, 6.07) is 6.70. The van der Waals surface area contributed by atoms with E-state index in [0.29, 0.717) is 26.1 Å². The number of rotatable bonds is 5. The third kappa shape index (κ3) is 4.88. The first-order chi connectivity index (χ1) is 12.1. The first-order valence-corrected chi connectivity index (χ1v) is 9.20. The molecule has 8 heteroatoms. The molecule has 1 amide bonds. The highest BCUT2D eigenvalue weighted by molar-refractivity contribution is 7.15. The van der Waals surface area contributed by atoms with Crippen molar-refractivity contribution in [3.05, 3.63) is 40.7 Å². The average Bonchev–Trinajstić information content (AvgIpc) is 3.05. The molecule has 134 valence electrons. The zero-order chi connectivity index (χ0) is 17.6. The monoisotopic (exact) mass is 364 g/mol. The number of aromatic nitrogens is 2. The smallest absolute Gasteiger partial charge is 0.409 e. The summed E-state index contributed by atoms with van der Waals surface area (Å²) in [5, 5.41) is 13.4. The Bertz CT molecular complexity index is 699. The molecule has 0 spiro atoms. The van der Waals surface area contributed by atoms with Crippen LogP contribution in [0.15, 0.2) is 24.3 Å². The maximum absolute atomic E-state index is 12.9. The lowest BCUT2D eigenvalue weighted by atomic mass is 10.1. The Morgan fingerprint density at radius 3 is 2.72 bits per heavy atom. The van der Waals surface area contributed by atoms with Crippen molar-refractivity contribution in [1.29, 1.82) is 0 Å². The number of ether oxygens (including phenoxy) is 1. The van der Waals surface area contributed by atoms with Gasteiger partial charge in [-0.25, -0.2) is 9.18 Å². The number of hydrogen-bond donors (Lipinski definition) is 1. The molecule has 3 rings (SSSR count). The third-order valence-corrected chi connectivity index (χ3v) is 4.94. The molecule has 1 fully saturated rings. The van der Waals surface area contributed by atoms with E-state index < -0.39 is 0 Å². The van der Waals surface area contributed by atoms with Crippen molar-refractivity contribution in [2.45, 2.75) is 32.2 Å². The van der Waals surface area contributed by atoms with E-state index in [1.165, 1.54) is 23.5 Å². The first kappa shape index (κ1) is 17.6. The molecule has 1 saturated heterocycles. The molecular weight excluding hydrogens is 343 g/mol. The normalized spacial score (nSPS) is 15.2. The minimum Gasteiger partial charge on any atom is -0.450 e. The molecule has 0 saturated carbocycles. The molecule has 0 atom stereocenters. The molecule has 1 aliphatic rings. The molecule has 0 bridgehead atoms. The predicted octanol–water partition coefficient (Wildman–Crippen LogP) is 3.30. The summed E-state index contributed by atoms with van der Waals surface area (Å²) in [5.74, 6) is -0.238. The topological polar surface area (TPSA) is 67.3 Å². The van der Waals surface area contributed by atoms with E-state index >= 15 is 0 Å². The quantitative estimate of drug-likeness (QED) is 0.882. The number of carbonyl (C=O) groups is 1. The second-order valence-corrected chi connectivity index (χ2v) is 6.97. The highest BCUT2D eigenvalue weighted by Crippen LogP contribution is 2.22. The van der Waals surface area contributed by atoms with E-state index in [2.05, 4.69) is 15.5 Å². The number of nitrogens with zero attached hydrogens (tertiary/aromatic N) is 3. The molecule has 1 aliphatic heterocycles. The predicted molar refractivity (Wildman–Crippen MR) is 94.4 cm³/mol. The summed E-state index contributed by atoms with van der Waals surface area (Å²) in [4.78, 5) is 13.4. The maximum atomic E-state index is 12.9. The number of hydrogen-bond acceptors (Lipinski definition) is 6. The van der Waals surface area contributed by atoms with Crippen LogP contribution < -0.4 is 5.32 Å². The number of carbonyl (C=O) groups excluding carboxylic acids is 1. The Labute approximate surface area is 150 Å². The van der Waals surface area contributed by atoms with E-state index in [1.807, 2.05) is 6.92 Å². The molecular formula is C17H21FN4O2S. The Hall–Kier alpha value is -2.22. The summed E-state index contributed by atoms with van der Waals surface area (Å²) < 4.78 is 18.0. The van der Waals surface area contributed by atoms with Crippen molar-refractivity contribution in [3.8, 4) is 0 Å². The number of benzene rings is 1. The number of nitrogens with one attached hydrogen (secondary N) is 1. The van der Waals surface area contributed by atoms with Crippen LogP contribution in [0.4, 0.5) is 14.3 Å². The van der Waals surface area contributed by atoms with Gasteiger partial charge in [0.2, 0.25) is 5.13 Å². The van der Waals surface area contributed by atoms with Gasteiger partial charge in [-0.1, -0.05) is 23.5 Å². The summed E-state index contributed by atoms with van der Waals surface area (Å²) in [6.45, 7) is 3.57. The van der Waals surface area contributed by atoms with Crippen LogP contribution >= 0.6 is 11.3 Å². The minimum absolute atomic E-state index is 0.238. The lowest BCUT2D eigenvalue weighted by molar-refractivity contribution is 0.0983. The van der Waals surface area contributed by atoms with E-state index in [9.17, 15) is 9.18 Å². The molecule has 1 aromatic carbocycles. The fraction of sp³-hybridized carbons (Fsp3) is 0.471. The largest absolute Gasteiger partial charge is 0.450 e. The number of amides is 1. The van der Waals surface area contributed by atoms with Crippen molar-refractivity contribution in [2.75, 3.05) is 25.0 Å². The fourth-order valence-electron chi connectivity index (χ4n) is 2.76. The Balaban J connectivity index is 1.49. The van der Waals surface area contributed by atoms with Gasteiger partial charge in [-0.2, -0.15) is 0 Å². The summed E-state index contributed by atoms with van der Waals surface area (Å²) >= 11 is 1.51. The van der Waals surface area contributed by atoms with Gasteiger partial charge < -0.3 is 15.0 Å². The maximum Gasteiger partial charge on any atom is 0.409 e. The minimum atomic E-state index is -0.238. The van der Waals surface area contributed by atoms with Crippen LogP contribution in [-0.4, -0.2) is 46.9 Å². The van der Waals surface area contributed by atoms with Crippen molar-refractivity contribution in [3.63, 3.8) is 0 Å². The number of anilines is 1. The first-order valence-electron chi connectivity index (χ1n) is 8.39. The average molecular weight is 364 g/mol.